The molecule has 0 heterocycles. The Hall–Kier alpha value is -1.23. The number of nitrogens with one attached hydrogen (secondary N) is 1. The van der Waals surface area contributed by atoms with Gasteiger partial charge in [-0.3, -0.25) is 0 Å². The van der Waals surface area contributed by atoms with E-state index in [1.807, 2.05) is 13.8 Å². The quantitative estimate of drug-likeness (QED) is 0.893. The summed E-state index contributed by atoms with van der Waals surface area (Å²) < 4.78 is 43.8. The van der Waals surface area contributed by atoms with Crippen LogP contribution in [0.4, 0.5) is 13.2 Å². The summed E-state index contributed by atoms with van der Waals surface area (Å²) in [6.45, 7) is 3.88. The Morgan fingerprint density at radius 1 is 1.22 bits per heavy atom. The van der Waals surface area contributed by atoms with Crippen molar-refractivity contribution in [2.75, 3.05) is 14.2 Å². The minimum Gasteiger partial charge on any atom is -0.496 e. The number of ether oxygens (including phenoxy) is 1. The number of rotatable bonds is 4. The number of methoxy groups -OCH3 is 1. The van der Waals surface area contributed by atoms with E-state index in [1.165, 1.54) is 14.2 Å². The standard InChI is InChI=1S/C13H18F3NO/c1-8(2)9-5-6-11(18-4)10(7-9)12(17-3)13(14,15)16/h5-8,12,17H,1-4H3. The number of hydrogen-bond donors (Lipinski definition) is 1. The van der Waals surface area contributed by atoms with Crippen LogP contribution in [0.25, 0.3) is 0 Å². The largest absolute Gasteiger partial charge is 0.496 e. The zero-order valence-electron chi connectivity index (χ0n) is 10.9. The molecule has 1 N–H and O–H groups in total. The Balaban J connectivity index is 3.30. The molecule has 0 aliphatic rings. The highest BCUT2D eigenvalue weighted by Crippen LogP contribution is 2.38. The van der Waals surface area contributed by atoms with Crippen LogP contribution in [0.1, 0.15) is 36.9 Å². The number of benzene rings is 1. The lowest BCUT2D eigenvalue weighted by Crippen LogP contribution is -2.32. The lowest BCUT2D eigenvalue weighted by molar-refractivity contribution is -0.156. The van der Waals surface area contributed by atoms with Crippen molar-refractivity contribution in [1.82, 2.24) is 5.32 Å². The second-order valence-electron chi connectivity index (χ2n) is 4.42. The van der Waals surface area contributed by atoms with Gasteiger partial charge in [0.05, 0.1) is 7.11 Å². The summed E-state index contributed by atoms with van der Waals surface area (Å²) in [5.74, 6) is 0.413. The van der Waals surface area contributed by atoms with Crippen LogP contribution < -0.4 is 10.1 Å². The SMILES string of the molecule is CNC(c1cc(C(C)C)ccc1OC)C(F)(F)F. The van der Waals surface area contributed by atoms with Crippen LogP contribution in [0.2, 0.25) is 0 Å². The summed E-state index contributed by atoms with van der Waals surface area (Å²) in [4.78, 5) is 0. The molecule has 0 fully saturated rings. The molecule has 1 atom stereocenters. The van der Waals surface area contributed by atoms with Crippen molar-refractivity contribution >= 4 is 0 Å². The third kappa shape index (κ3) is 3.16. The summed E-state index contributed by atoms with van der Waals surface area (Å²) in [7, 11) is 2.66. The van der Waals surface area contributed by atoms with Crippen molar-refractivity contribution in [2.45, 2.75) is 32.0 Å². The third-order valence-corrected chi connectivity index (χ3v) is 2.85. The van der Waals surface area contributed by atoms with Crippen molar-refractivity contribution in [3.05, 3.63) is 29.3 Å². The lowest BCUT2D eigenvalue weighted by atomic mass is 9.96. The normalized spacial score (nSPS) is 13.8. The molecule has 1 aromatic rings. The van der Waals surface area contributed by atoms with Gasteiger partial charge in [-0.05, 0) is 30.7 Å². The van der Waals surface area contributed by atoms with Crippen LogP contribution in [0.5, 0.6) is 5.75 Å². The fourth-order valence-corrected chi connectivity index (χ4v) is 1.83. The average Bonchev–Trinajstić information content (AvgIpc) is 2.27. The van der Waals surface area contributed by atoms with Gasteiger partial charge < -0.3 is 10.1 Å². The highest BCUT2D eigenvalue weighted by atomic mass is 19.4. The lowest BCUT2D eigenvalue weighted by Gasteiger charge is -2.23. The smallest absolute Gasteiger partial charge is 0.408 e. The van der Waals surface area contributed by atoms with Gasteiger partial charge >= 0.3 is 6.18 Å². The molecular weight excluding hydrogens is 243 g/mol. The highest BCUT2D eigenvalue weighted by molar-refractivity contribution is 5.41. The fourth-order valence-electron chi connectivity index (χ4n) is 1.83. The number of halogens is 3. The first-order valence-electron chi connectivity index (χ1n) is 5.73. The zero-order valence-corrected chi connectivity index (χ0v) is 10.9. The molecule has 5 heteroatoms. The molecule has 1 rings (SSSR count). The van der Waals surface area contributed by atoms with E-state index < -0.39 is 12.2 Å². The Morgan fingerprint density at radius 2 is 1.83 bits per heavy atom. The molecule has 102 valence electrons. The van der Waals surface area contributed by atoms with E-state index in [4.69, 9.17) is 4.74 Å². The first-order chi connectivity index (χ1) is 8.31. The first-order valence-corrected chi connectivity index (χ1v) is 5.73. The van der Waals surface area contributed by atoms with Gasteiger partial charge in [0.2, 0.25) is 0 Å². The van der Waals surface area contributed by atoms with Gasteiger partial charge in [-0.1, -0.05) is 19.9 Å². The Labute approximate surface area is 105 Å². The monoisotopic (exact) mass is 261 g/mol. The maximum atomic E-state index is 12.9. The molecule has 1 unspecified atom stereocenters. The molecule has 0 spiro atoms. The molecule has 0 bridgehead atoms. The molecule has 0 aromatic heterocycles. The van der Waals surface area contributed by atoms with Gasteiger partial charge in [0, 0.05) is 5.56 Å². The topological polar surface area (TPSA) is 21.3 Å². The second-order valence-corrected chi connectivity index (χ2v) is 4.42. The summed E-state index contributed by atoms with van der Waals surface area (Å²) in [6.07, 6.45) is -4.35. The van der Waals surface area contributed by atoms with Crippen LogP contribution in [0.15, 0.2) is 18.2 Å². The molecule has 2 nitrogen and oxygen atoms in total. The van der Waals surface area contributed by atoms with Crippen LogP contribution in [0, 0.1) is 0 Å². The average molecular weight is 261 g/mol. The summed E-state index contributed by atoms with van der Waals surface area (Å²) in [5, 5.41) is 2.29. The molecule has 0 radical (unpaired) electrons. The van der Waals surface area contributed by atoms with E-state index in [0.29, 0.717) is 0 Å². The van der Waals surface area contributed by atoms with E-state index in [1.54, 1.807) is 18.2 Å². The summed E-state index contributed by atoms with van der Waals surface area (Å²) in [6, 6.07) is 3.21. The van der Waals surface area contributed by atoms with Crippen molar-refractivity contribution in [1.29, 1.82) is 0 Å². The number of hydrogen-bond acceptors (Lipinski definition) is 2. The van der Waals surface area contributed by atoms with Gasteiger partial charge in [-0.2, -0.15) is 13.2 Å². The maximum Gasteiger partial charge on any atom is 0.408 e. The van der Waals surface area contributed by atoms with Crippen molar-refractivity contribution in [3.8, 4) is 5.75 Å². The maximum absolute atomic E-state index is 12.9. The van der Waals surface area contributed by atoms with E-state index in [-0.39, 0.29) is 17.2 Å². The zero-order chi connectivity index (χ0) is 13.9. The highest BCUT2D eigenvalue weighted by Gasteiger charge is 2.41. The van der Waals surface area contributed by atoms with E-state index in [0.717, 1.165) is 5.56 Å². The second kappa shape index (κ2) is 5.61. The van der Waals surface area contributed by atoms with Crippen LogP contribution in [-0.2, 0) is 0 Å². The van der Waals surface area contributed by atoms with Crippen molar-refractivity contribution in [2.24, 2.45) is 0 Å². The summed E-state index contributed by atoms with van der Waals surface area (Å²) >= 11 is 0. The molecule has 0 amide bonds. The Kier molecular flexibility index (Phi) is 4.62. The van der Waals surface area contributed by atoms with Crippen molar-refractivity contribution in [3.63, 3.8) is 0 Å². The van der Waals surface area contributed by atoms with Gasteiger partial charge in [0.25, 0.3) is 0 Å². The molecular formula is C13H18F3NO. The first kappa shape index (κ1) is 14.8. The van der Waals surface area contributed by atoms with Gasteiger partial charge in [-0.15, -0.1) is 0 Å². The minimum atomic E-state index is -4.35. The number of alkyl halides is 3. The predicted molar refractivity (Wildman–Crippen MR) is 64.9 cm³/mol. The minimum absolute atomic E-state index is 0.124. The van der Waals surface area contributed by atoms with Crippen LogP contribution >= 0.6 is 0 Å². The molecule has 0 saturated heterocycles. The van der Waals surface area contributed by atoms with E-state index >= 15 is 0 Å². The van der Waals surface area contributed by atoms with Gasteiger partial charge in [0.1, 0.15) is 11.8 Å². The Bertz CT molecular complexity index is 402. The Morgan fingerprint density at radius 3 is 2.22 bits per heavy atom. The predicted octanol–water partition coefficient (Wildman–Crippen LogP) is 3.64. The van der Waals surface area contributed by atoms with Crippen LogP contribution in [-0.4, -0.2) is 20.3 Å². The van der Waals surface area contributed by atoms with E-state index in [9.17, 15) is 13.2 Å². The van der Waals surface area contributed by atoms with E-state index in [2.05, 4.69) is 5.32 Å². The summed E-state index contributed by atoms with van der Waals surface area (Å²) in [5.41, 5.74) is 0.981. The van der Waals surface area contributed by atoms with Crippen molar-refractivity contribution < 1.29 is 17.9 Å². The molecule has 18 heavy (non-hydrogen) atoms. The van der Waals surface area contributed by atoms with Gasteiger partial charge in [0.15, 0.2) is 0 Å². The molecule has 0 aliphatic heterocycles. The van der Waals surface area contributed by atoms with Gasteiger partial charge in [-0.25, -0.2) is 0 Å². The molecule has 0 aliphatic carbocycles. The fraction of sp³-hybridized carbons (Fsp3) is 0.538. The van der Waals surface area contributed by atoms with Crippen LogP contribution in [0.3, 0.4) is 0 Å². The molecule has 0 saturated carbocycles. The molecule has 1 aromatic carbocycles. The third-order valence-electron chi connectivity index (χ3n) is 2.85.